The molecule has 0 saturated heterocycles. The molecule has 0 bridgehead atoms. The van der Waals surface area contributed by atoms with Gasteiger partial charge in [0.1, 0.15) is 29.2 Å². The van der Waals surface area contributed by atoms with Crippen LogP contribution in [0.15, 0.2) is 64.6 Å². The first-order valence-corrected chi connectivity index (χ1v) is 18.5. The molecule has 59 heavy (non-hydrogen) atoms. The smallest absolute Gasteiger partial charge is 0.407 e. The molecule has 0 unspecified atom stereocenters. The van der Waals surface area contributed by atoms with Crippen LogP contribution in [0.1, 0.15) is 74.4 Å². The Labute approximate surface area is 339 Å². The van der Waals surface area contributed by atoms with Gasteiger partial charge in [-0.25, -0.2) is 46.6 Å². The highest BCUT2D eigenvalue weighted by Gasteiger charge is 2.24. The first kappa shape index (κ1) is 42.1. The predicted molar refractivity (Wildman–Crippen MR) is 210 cm³/mol. The van der Waals surface area contributed by atoms with Gasteiger partial charge in [0.2, 0.25) is 5.95 Å². The van der Waals surface area contributed by atoms with Crippen LogP contribution in [0.2, 0.25) is 5.02 Å². The number of carbonyl (C=O) groups excluding carboxylic acids is 2. The van der Waals surface area contributed by atoms with E-state index in [4.69, 9.17) is 21.1 Å². The van der Waals surface area contributed by atoms with Crippen molar-refractivity contribution in [2.75, 3.05) is 5.32 Å². The molecule has 310 valence electrons. The summed E-state index contributed by atoms with van der Waals surface area (Å²) in [5, 5.41) is 14.7. The van der Waals surface area contributed by atoms with Crippen LogP contribution in [0.25, 0.3) is 10.9 Å². The fraction of sp³-hybridized carbons (Fsp3) is 0.333. The lowest BCUT2D eigenvalue weighted by Gasteiger charge is -2.21. The SMILES string of the molecule is Cn1cc2c(CNC(=O)OC(C)(C)C)c(Nc3nc(=O)n(Cc4ncnn4Cc4cccc(C(=O)OC(C)(C)C)c4)c(=O)n3Cc3cc(F)c(F)cc3F)c(Cl)cc2n1. The van der Waals surface area contributed by atoms with E-state index < -0.39 is 76.7 Å². The van der Waals surface area contributed by atoms with E-state index in [0.717, 1.165) is 4.57 Å². The summed E-state index contributed by atoms with van der Waals surface area (Å²) in [6.07, 6.45) is 2.11. The Kier molecular flexibility index (Phi) is 11.7. The molecule has 3 heterocycles. The molecular formula is C39H40ClF3N10O6. The molecule has 0 spiro atoms. The lowest BCUT2D eigenvalue weighted by molar-refractivity contribution is 0.00690. The number of hydrogen-bond donors (Lipinski definition) is 2. The van der Waals surface area contributed by atoms with Crippen molar-refractivity contribution < 1.29 is 32.2 Å². The number of anilines is 2. The van der Waals surface area contributed by atoms with Crippen molar-refractivity contribution in [3.63, 3.8) is 0 Å². The number of amides is 1. The minimum absolute atomic E-state index is 0.0324. The summed E-state index contributed by atoms with van der Waals surface area (Å²) in [5.41, 5.74) is -2.33. The number of aryl methyl sites for hydroxylation is 1. The molecular weight excluding hydrogens is 797 g/mol. The van der Waals surface area contributed by atoms with E-state index in [1.165, 1.54) is 21.8 Å². The van der Waals surface area contributed by atoms with Gasteiger partial charge in [0.05, 0.1) is 41.4 Å². The van der Waals surface area contributed by atoms with Gasteiger partial charge in [-0.2, -0.15) is 15.2 Å². The Morgan fingerprint density at radius 3 is 2.31 bits per heavy atom. The van der Waals surface area contributed by atoms with Crippen LogP contribution in [-0.2, 0) is 42.7 Å². The van der Waals surface area contributed by atoms with E-state index in [2.05, 4.69) is 30.8 Å². The number of esters is 1. The molecule has 1 amide bonds. The zero-order valence-electron chi connectivity index (χ0n) is 33.1. The lowest BCUT2D eigenvalue weighted by Crippen LogP contribution is -2.43. The lowest BCUT2D eigenvalue weighted by atomic mass is 10.1. The van der Waals surface area contributed by atoms with Gasteiger partial charge >= 0.3 is 23.4 Å². The molecule has 6 rings (SSSR count). The summed E-state index contributed by atoms with van der Waals surface area (Å²) < 4.78 is 58.9. The summed E-state index contributed by atoms with van der Waals surface area (Å²) in [6, 6.07) is 9.04. The number of ether oxygens (including phenoxy) is 2. The molecule has 2 N–H and O–H groups in total. The van der Waals surface area contributed by atoms with E-state index in [-0.39, 0.29) is 29.6 Å². The van der Waals surface area contributed by atoms with Gasteiger partial charge in [0.15, 0.2) is 11.6 Å². The van der Waals surface area contributed by atoms with Gasteiger partial charge in [-0.05, 0) is 71.4 Å². The Balaban J connectivity index is 1.41. The first-order valence-electron chi connectivity index (χ1n) is 18.1. The van der Waals surface area contributed by atoms with Crippen molar-refractivity contribution in [3.8, 4) is 0 Å². The Hall–Kier alpha value is -6.50. The third-order valence-corrected chi connectivity index (χ3v) is 8.79. The predicted octanol–water partition coefficient (Wildman–Crippen LogP) is 5.82. The van der Waals surface area contributed by atoms with E-state index in [0.29, 0.717) is 44.3 Å². The molecule has 16 nitrogen and oxygen atoms in total. The second-order valence-corrected chi connectivity index (χ2v) is 15.9. The van der Waals surface area contributed by atoms with Gasteiger partial charge < -0.3 is 20.1 Å². The molecule has 3 aromatic heterocycles. The number of nitrogens with zero attached hydrogens (tertiary/aromatic N) is 8. The standard InChI is InChI=1S/C39H40ClF3N10O6/c1-38(2,3)58-33(54)22-10-8-9-21(11-22)16-53-31(45-20-46-53)19-52-35(55)48-34(51(37(52)57)17-23-12-28(42)29(43)14-27(23)41)47-32-24(15-44-36(56)59-39(4,5)6)25-18-50(7)49-30(25)13-26(32)40/h8-14,18,20H,15-17,19H2,1-7H3,(H,44,56)(H,47,48,55). The number of alkyl carbamates (subject to hydrolysis) is 1. The monoisotopic (exact) mass is 836 g/mol. The normalized spacial score (nSPS) is 11.8. The fourth-order valence-corrected chi connectivity index (χ4v) is 6.23. The topological polar surface area (TPSA) is 182 Å². The van der Waals surface area contributed by atoms with E-state index in [1.54, 1.807) is 79.1 Å². The van der Waals surface area contributed by atoms with Crippen LogP contribution >= 0.6 is 11.6 Å². The van der Waals surface area contributed by atoms with Crippen LogP contribution in [0.3, 0.4) is 0 Å². The van der Waals surface area contributed by atoms with E-state index in [9.17, 15) is 28.0 Å². The first-order chi connectivity index (χ1) is 27.7. The van der Waals surface area contributed by atoms with Crippen molar-refractivity contribution in [1.29, 1.82) is 0 Å². The van der Waals surface area contributed by atoms with Crippen LogP contribution in [0, 0.1) is 17.5 Å². The summed E-state index contributed by atoms with van der Waals surface area (Å²) in [5.74, 6) is -4.87. The molecule has 20 heteroatoms. The maximum atomic E-state index is 15.1. The molecule has 6 aromatic rings. The highest BCUT2D eigenvalue weighted by atomic mass is 35.5. The van der Waals surface area contributed by atoms with Crippen LogP contribution in [-0.4, -0.2) is 61.9 Å². The number of fused-ring (bicyclic) bond motifs is 1. The number of halogens is 4. The van der Waals surface area contributed by atoms with Crippen molar-refractivity contribution in [2.24, 2.45) is 7.05 Å². The number of aromatic nitrogens is 8. The van der Waals surface area contributed by atoms with Crippen molar-refractivity contribution >= 4 is 46.2 Å². The highest BCUT2D eigenvalue weighted by Crippen LogP contribution is 2.35. The van der Waals surface area contributed by atoms with E-state index in [1.807, 2.05) is 0 Å². The number of nitrogens with one attached hydrogen (secondary N) is 2. The van der Waals surface area contributed by atoms with Gasteiger partial charge in [0.25, 0.3) is 0 Å². The van der Waals surface area contributed by atoms with Crippen molar-refractivity contribution in [3.05, 3.63) is 127 Å². The Morgan fingerprint density at radius 1 is 0.881 bits per heavy atom. The maximum absolute atomic E-state index is 15.1. The second-order valence-electron chi connectivity index (χ2n) is 15.5. The van der Waals surface area contributed by atoms with Gasteiger partial charge in [-0.15, -0.1) is 0 Å². The largest absolute Gasteiger partial charge is 0.456 e. The molecule has 0 saturated carbocycles. The molecule has 0 aliphatic rings. The number of hydrogen-bond acceptors (Lipinski definition) is 11. The van der Waals surface area contributed by atoms with Crippen LogP contribution < -0.4 is 22.0 Å². The third kappa shape index (κ3) is 9.97. The summed E-state index contributed by atoms with van der Waals surface area (Å²) >= 11 is 6.76. The quantitative estimate of drug-likeness (QED) is 0.119. The Morgan fingerprint density at radius 2 is 1.59 bits per heavy atom. The average molecular weight is 837 g/mol. The molecule has 0 atom stereocenters. The minimum atomic E-state index is -1.45. The van der Waals surface area contributed by atoms with Crippen molar-refractivity contribution in [1.82, 2.24) is 44.0 Å². The van der Waals surface area contributed by atoms with Gasteiger partial charge in [-0.3, -0.25) is 9.25 Å². The van der Waals surface area contributed by atoms with Crippen LogP contribution in [0.4, 0.5) is 29.6 Å². The molecule has 3 aromatic carbocycles. The third-order valence-electron chi connectivity index (χ3n) is 8.49. The summed E-state index contributed by atoms with van der Waals surface area (Å²) in [6.45, 7) is 8.99. The number of rotatable bonds is 11. The highest BCUT2D eigenvalue weighted by molar-refractivity contribution is 6.34. The average Bonchev–Trinajstić information content (AvgIpc) is 3.73. The van der Waals surface area contributed by atoms with Crippen LogP contribution in [0.5, 0.6) is 0 Å². The number of carbonyl (C=O) groups is 2. The second kappa shape index (κ2) is 16.4. The van der Waals surface area contributed by atoms with Crippen molar-refractivity contribution in [2.45, 2.75) is 78.9 Å². The fourth-order valence-electron chi connectivity index (χ4n) is 5.97. The summed E-state index contributed by atoms with van der Waals surface area (Å²) in [7, 11) is 1.67. The summed E-state index contributed by atoms with van der Waals surface area (Å²) in [4.78, 5) is 61.9. The maximum Gasteiger partial charge on any atom is 0.407 e. The Bertz CT molecular complexity index is 2710. The zero-order valence-corrected chi connectivity index (χ0v) is 33.8. The minimum Gasteiger partial charge on any atom is -0.456 e. The molecule has 0 aliphatic carbocycles. The zero-order chi connectivity index (χ0) is 43.0. The molecule has 0 aliphatic heterocycles. The van der Waals surface area contributed by atoms with Gasteiger partial charge in [-0.1, -0.05) is 23.7 Å². The van der Waals surface area contributed by atoms with E-state index >= 15 is 4.39 Å². The van der Waals surface area contributed by atoms with Gasteiger partial charge in [0, 0.05) is 42.4 Å². The molecule has 0 radical (unpaired) electrons. The molecule has 0 fully saturated rings. The number of benzene rings is 3.